The highest BCUT2D eigenvalue weighted by Crippen LogP contribution is 2.30. The average Bonchev–Trinajstić information content (AvgIpc) is 3.69. The Balaban J connectivity index is 1.36. The third kappa shape index (κ3) is 4.93. The van der Waals surface area contributed by atoms with Crippen molar-refractivity contribution in [1.82, 2.24) is 14.9 Å². The summed E-state index contributed by atoms with van der Waals surface area (Å²) in [6.07, 6.45) is 5.63. The Kier molecular flexibility index (Phi) is 6.29. The third-order valence-corrected chi connectivity index (χ3v) is 6.27. The predicted molar refractivity (Wildman–Crippen MR) is 126 cm³/mol. The van der Waals surface area contributed by atoms with Gasteiger partial charge in [0.05, 0.1) is 17.9 Å². The second kappa shape index (κ2) is 9.68. The van der Waals surface area contributed by atoms with Crippen LogP contribution in [0.5, 0.6) is 0 Å². The first kappa shape index (κ1) is 22.7. The first-order valence-electron chi connectivity index (χ1n) is 11.6. The Labute approximate surface area is 202 Å². The molecule has 2 N–H and O–H groups in total. The summed E-state index contributed by atoms with van der Waals surface area (Å²) in [7, 11) is 0. The molecule has 2 aromatic rings. The quantitative estimate of drug-likeness (QED) is 0.605. The number of morpholine rings is 1. The summed E-state index contributed by atoms with van der Waals surface area (Å²) >= 11 is 0. The number of carbonyl (C=O) groups is 3. The van der Waals surface area contributed by atoms with Crippen LogP contribution in [-0.4, -0.2) is 65.4 Å². The molecule has 0 atom stereocenters. The molecule has 2 fully saturated rings. The number of urea groups is 1. The van der Waals surface area contributed by atoms with E-state index in [-0.39, 0.29) is 24.8 Å². The molecule has 1 aliphatic carbocycles. The van der Waals surface area contributed by atoms with Gasteiger partial charge < -0.3 is 15.0 Å². The van der Waals surface area contributed by atoms with E-state index >= 15 is 0 Å². The molecule has 0 bridgehead atoms. The van der Waals surface area contributed by atoms with E-state index in [1.807, 2.05) is 6.07 Å². The molecule has 0 aromatic carbocycles. The number of ether oxygens (including phenoxy) is 1. The van der Waals surface area contributed by atoms with Crippen LogP contribution in [0.1, 0.15) is 46.4 Å². The number of rotatable bonds is 6. The van der Waals surface area contributed by atoms with E-state index < -0.39 is 6.03 Å². The first-order valence-corrected chi connectivity index (χ1v) is 11.6. The van der Waals surface area contributed by atoms with Gasteiger partial charge >= 0.3 is 6.03 Å². The second-order valence-electron chi connectivity index (χ2n) is 8.83. The standard InChI is InChI=1S/C24H25N7O4/c25-10-17-11-26-21(9-19(17)27-18-3-4-18)29-24(34)31-5-1-2-15-8-16(20(13-32)28-23(15)31)12-30-6-7-35-14-22(30)33/h8-9,11,13,18H,1-7,12,14H2,(H2,26,27,29,34). The van der Waals surface area contributed by atoms with Gasteiger partial charge in [-0.25, -0.2) is 14.8 Å². The van der Waals surface area contributed by atoms with Crippen LogP contribution in [0.2, 0.25) is 0 Å². The molecule has 11 nitrogen and oxygen atoms in total. The zero-order chi connectivity index (χ0) is 24.4. The van der Waals surface area contributed by atoms with Crippen molar-refractivity contribution in [3.05, 3.63) is 40.7 Å². The number of nitrogens with zero attached hydrogens (tertiary/aromatic N) is 5. The van der Waals surface area contributed by atoms with E-state index in [1.54, 1.807) is 11.0 Å². The van der Waals surface area contributed by atoms with Crippen molar-refractivity contribution < 1.29 is 19.1 Å². The lowest BCUT2D eigenvalue weighted by Gasteiger charge is -2.30. The van der Waals surface area contributed by atoms with E-state index in [2.05, 4.69) is 26.7 Å². The Bertz CT molecular complexity index is 1220. The Morgan fingerprint density at radius 2 is 2.17 bits per heavy atom. The fourth-order valence-corrected chi connectivity index (χ4v) is 4.26. The van der Waals surface area contributed by atoms with E-state index in [0.29, 0.717) is 66.9 Å². The number of nitriles is 1. The Hall–Kier alpha value is -4.04. The summed E-state index contributed by atoms with van der Waals surface area (Å²) in [5.74, 6) is 0.623. The maximum Gasteiger partial charge on any atom is 0.328 e. The monoisotopic (exact) mass is 475 g/mol. The van der Waals surface area contributed by atoms with Crippen molar-refractivity contribution in [3.8, 4) is 6.07 Å². The summed E-state index contributed by atoms with van der Waals surface area (Å²) in [6, 6.07) is 5.57. The number of fused-ring (bicyclic) bond motifs is 1. The highest BCUT2D eigenvalue weighted by molar-refractivity contribution is 6.02. The van der Waals surface area contributed by atoms with Gasteiger partial charge in [0.25, 0.3) is 0 Å². The number of anilines is 3. The maximum atomic E-state index is 13.2. The molecule has 180 valence electrons. The first-order chi connectivity index (χ1) is 17.1. The highest BCUT2D eigenvalue weighted by Gasteiger charge is 2.28. The zero-order valence-electron chi connectivity index (χ0n) is 19.1. The SMILES string of the molecule is N#Cc1cnc(NC(=O)N2CCCc3cc(CN4CCOCC4=O)c(C=O)nc32)cc1NC1CC1. The molecule has 3 aliphatic rings. The molecule has 0 spiro atoms. The van der Waals surface area contributed by atoms with E-state index in [9.17, 15) is 19.6 Å². The van der Waals surface area contributed by atoms with Crippen LogP contribution in [0.4, 0.5) is 22.1 Å². The van der Waals surface area contributed by atoms with Gasteiger partial charge in [0.2, 0.25) is 5.91 Å². The molecule has 2 aliphatic heterocycles. The fourth-order valence-electron chi connectivity index (χ4n) is 4.26. The number of hydrogen-bond donors (Lipinski definition) is 2. The molecule has 5 rings (SSSR count). The van der Waals surface area contributed by atoms with Crippen molar-refractivity contribution >= 4 is 35.5 Å². The lowest BCUT2D eigenvalue weighted by Crippen LogP contribution is -2.42. The number of aromatic nitrogens is 2. The summed E-state index contributed by atoms with van der Waals surface area (Å²) in [4.78, 5) is 49.0. The van der Waals surface area contributed by atoms with Crippen molar-refractivity contribution in [1.29, 1.82) is 5.26 Å². The molecule has 35 heavy (non-hydrogen) atoms. The number of aryl methyl sites for hydroxylation is 1. The number of hydrogen-bond acceptors (Lipinski definition) is 8. The second-order valence-corrected chi connectivity index (χ2v) is 8.83. The van der Waals surface area contributed by atoms with Gasteiger partial charge in [-0.15, -0.1) is 0 Å². The number of amides is 3. The van der Waals surface area contributed by atoms with Crippen LogP contribution in [0.15, 0.2) is 18.3 Å². The number of aldehydes is 1. The van der Waals surface area contributed by atoms with Gasteiger partial charge in [-0.2, -0.15) is 5.26 Å². The average molecular weight is 476 g/mol. The van der Waals surface area contributed by atoms with Gasteiger partial charge in [-0.3, -0.25) is 19.8 Å². The van der Waals surface area contributed by atoms with Crippen molar-refractivity contribution in [2.24, 2.45) is 0 Å². The number of carbonyl (C=O) groups excluding carboxylic acids is 3. The van der Waals surface area contributed by atoms with Crippen LogP contribution < -0.4 is 15.5 Å². The van der Waals surface area contributed by atoms with Crippen LogP contribution in [-0.2, 0) is 22.5 Å². The summed E-state index contributed by atoms with van der Waals surface area (Å²) in [6.45, 7) is 1.65. The van der Waals surface area contributed by atoms with Crippen molar-refractivity contribution in [3.63, 3.8) is 0 Å². The lowest BCUT2D eigenvalue weighted by molar-refractivity contribution is -0.143. The topological polar surface area (TPSA) is 141 Å². The molecule has 0 unspecified atom stereocenters. The minimum absolute atomic E-state index is 0.0318. The van der Waals surface area contributed by atoms with E-state index in [4.69, 9.17) is 4.74 Å². The lowest BCUT2D eigenvalue weighted by atomic mass is 10.0. The van der Waals surface area contributed by atoms with Gasteiger partial charge in [-0.05, 0) is 37.3 Å². The third-order valence-electron chi connectivity index (χ3n) is 6.27. The number of pyridine rings is 2. The maximum absolute atomic E-state index is 13.2. The van der Waals surface area contributed by atoms with Gasteiger partial charge in [0, 0.05) is 43.5 Å². The molecule has 1 saturated heterocycles. The molecule has 0 radical (unpaired) electrons. The highest BCUT2D eigenvalue weighted by atomic mass is 16.5. The largest absolute Gasteiger partial charge is 0.381 e. The molecule has 2 aromatic heterocycles. The minimum Gasteiger partial charge on any atom is -0.381 e. The molecule has 11 heteroatoms. The van der Waals surface area contributed by atoms with E-state index in [1.165, 1.54) is 11.1 Å². The van der Waals surface area contributed by atoms with Crippen LogP contribution in [0, 0.1) is 11.3 Å². The molecular weight excluding hydrogens is 450 g/mol. The van der Waals surface area contributed by atoms with Gasteiger partial charge in [0.1, 0.15) is 30.0 Å². The molecule has 1 saturated carbocycles. The molecule has 4 heterocycles. The zero-order valence-corrected chi connectivity index (χ0v) is 19.1. The smallest absolute Gasteiger partial charge is 0.328 e. The Morgan fingerprint density at radius 1 is 1.31 bits per heavy atom. The summed E-state index contributed by atoms with van der Waals surface area (Å²) < 4.78 is 5.18. The fraction of sp³-hybridized carbons (Fsp3) is 0.417. The van der Waals surface area contributed by atoms with Crippen molar-refractivity contribution in [2.45, 2.75) is 38.3 Å². The number of nitrogens with one attached hydrogen (secondary N) is 2. The van der Waals surface area contributed by atoms with E-state index in [0.717, 1.165) is 24.8 Å². The van der Waals surface area contributed by atoms with Gasteiger partial charge in [0.15, 0.2) is 6.29 Å². The van der Waals surface area contributed by atoms with Gasteiger partial charge in [-0.1, -0.05) is 0 Å². The van der Waals surface area contributed by atoms with Crippen molar-refractivity contribution in [2.75, 3.05) is 41.8 Å². The predicted octanol–water partition coefficient (Wildman–Crippen LogP) is 2.08. The minimum atomic E-state index is -0.416. The molecular formula is C24H25N7O4. The normalized spacial score (nSPS) is 17.4. The summed E-state index contributed by atoms with van der Waals surface area (Å²) in [5.41, 5.74) is 2.76. The van der Waals surface area contributed by atoms with Crippen LogP contribution in [0.3, 0.4) is 0 Å². The van der Waals surface area contributed by atoms with Crippen LogP contribution >= 0.6 is 0 Å². The van der Waals surface area contributed by atoms with Crippen LogP contribution in [0.25, 0.3) is 0 Å². The molecule has 3 amide bonds. The summed E-state index contributed by atoms with van der Waals surface area (Å²) in [5, 5.41) is 15.4. The Morgan fingerprint density at radius 3 is 2.91 bits per heavy atom.